The molecule has 5 rings (SSSR count). The van der Waals surface area contributed by atoms with E-state index < -0.39 is 11.7 Å². The van der Waals surface area contributed by atoms with E-state index in [2.05, 4.69) is 24.5 Å². The third-order valence-corrected chi connectivity index (χ3v) is 7.59. The number of hydrazine groups is 1. The predicted molar refractivity (Wildman–Crippen MR) is 164 cm³/mol. The van der Waals surface area contributed by atoms with Crippen LogP contribution in [0.2, 0.25) is 0 Å². The molecule has 3 aromatic rings. The molecule has 0 amide bonds. The van der Waals surface area contributed by atoms with Crippen molar-refractivity contribution in [2.24, 2.45) is 10.9 Å². The molecular weight excluding hydrogens is 551 g/mol. The van der Waals surface area contributed by atoms with Gasteiger partial charge in [0.2, 0.25) is 0 Å². The third kappa shape index (κ3) is 7.25. The molecule has 3 aromatic carbocycles. The molecule has 8 heteroatoms. The van der Waals surface area contributed by atoms with E-state index in [1.165, 1.54) is 13.2 Å². The van der Waals surface area contributed by atoms with Crippen LogP contribution in [0.5, 0.6) is 5.75 Å². The molecule has 0 radical (unpaired) electrons. The fourth-order valence-corrected chi connectivity index (χ4v) is 5.16. The number of allylic oxidation sites excluding steroid dienone is 4. The molecule has 0 saturated carbocycles. The van der Waals surface area contributed by atoms with E-state index in [1.54, 1.807) is 6.07 Å². The van der Waals surface area contributed by atoms with Crippen molar-refractivity contribution >= 4 is 23.0 Å². The van der Waals surface area contributed by atoms with Gasteiger partial charge < -0.3 is 4.74 Å². The summed E-state index contributed by atoms with van der Waals surface area (Å²) in [6.45, 7) is 2.15. The van der Waals surface area contributed by atoms with Crippen LogP contribution in [0.3, 0.4) is 0 Å². The number of hydrogen-bond donors (Lipinski definition) is 1. The zero-order valence-electron chi connectivity index (χ0n) is 24.2. The molecule has 1 atom stereocenters. The van der Waals surface area contributed by atoms with E-state index in [-0.39, 0.29) is 17.5 Å². The Bertz CT molecular complexity index is 1570. The number of aryl methyl sites for hydroxylation is 1. The molecule has 0 spiro atoms. The van der Waals surface area contributed by atoms with Gasteiger partial charge in [-0.25, -0.2) is 4.99 Å². The normalized spacial score (nSPS) is 17.5. The number of carbonyl (C=O) groups is 1. The van der Waals surface area contributed by atoms with E-state index in [4.69, 9.17) is 9.73 Å². The van der Waals surface area contributed by atoms with Gasteiger partial charge in [0.1, 0.15) is 11.6 Å². The maximum atomic E-state index is 13.3. The number of methoxy groups -OCH3 is 1. The highest BCUT2D eigenvalue weighted by Crippen LogP contribution is 2.37. The number of Topliss-reactive ketones (excluding diaryl/α,β-unsaturated/α-hetero) is 1. The molecule has 0 aliphatic carbocycles. The van der Waals surface area contributed by atoms with Crippen LogP contribution in [-0.4, -0.2) is 23.7 Å². The standard InChI is InChI=1S/C35H34F3N3O2/c1-24-15-21-29-12-8-13-31(41(29)40-34(24)39-28-10-4-3-5-11-28)26-17-19-27(20-18-26)32(42)14-7-6-9-25-16-22-33(43-2)30(23-25)35(36,37)38/h3-5,8,10-13,16-24H,6-7,9,14-15H2,1-2H3,(H,39,40). The number of fused-ring (bicyclic) bond motifs is 1. The first-order chi connectivity index (χ1) is 20.7. The zero-order valence-corrected chi connectivity index (χ0v) is 24.2. The summed E-state index contributed by atoms with van der Waals surface area (Å²) in [6.07, 6.45) is 6.63. The SMILES string of the molecule is COc1ccc(CCCCC(=O)c2ccc(C3=CC=CC4=CCC(C)C(=Nc5ccccc5)NN43)cc2)cc1C(F)(F)F. The lowest BCUT2D eigenvalue weighted by Crippen LogP contribution is -2.41. The zero-order chi connectivity index (χ0) is 30.4. The van der Waals surface area contributed by atoms with Crippen LogP contribution in [0.15, 0.2) is 108 Å². The summed E-state index contributed by atoms with van der Waals surface area (Å²) in [7, 11) is 1.23. The number of halogens is 3. The number of aliphatic imine (C=N–C) groups is 1. The molecule has 222 valence electrons. The number of para-hydroxylation sites is 1. The second-order valence-electron chi connectivity index (χ2n) is 10.7. The van der Waals surface area contributed by atoms with Crippen LogP contribution in [0, 0.1) is 5.92 Å². The van der Waals surface area contributed by atoms with Gasteiger partial charge in [0.15, 0.2) is 5.78 Å². The molecule has 2 aliphatic rings. The van der Waals surface area contributed by atoms with E-state index in [1.807, 2.05) is 71.8 Å². The average Bonchev–Trinajstić information content (AvgIpc) is 3.17. The van der Waals surface area contributed by atoms with E-state index in [0.29, 0.717) is 36.8 Å². The Hall–Kier alpha value is -4.59. The highest BCUT2D eigenvalue weighted by molar-refractivity contribution is 5.96. The van der Waals surface area contributed by atoms with Crippen molar-refractivity contribution in [3.8, 4) is 5.75 Å². The Balaban J connectivity index is 1.21. The van der Waals surface area contributed by atoms with E-state index >= 15 is 0 Å². The Morgan fingerprint density at radius 2 is 1.81 bits per heavy atom. The number of ketones is 1. The minimum Gasteiger partial charge on any atom is -0.496 e. The minimum absolute atomic E-state index is 0.00867. The minimum atomic E-state index is -4.48. The summed E-state index contributed by atoms with van der Waals surface area (Å²) < 4.78 is 44.8. The Morgan fingerprint density at radius 3 is 2.53 bits per heavy atom. The molecule has 43 heavy (non-hydrogen) atoms. The Kier molecular flexibility index (Phi) is 9.14. The second kappa shape index (κ2) is 13.2. The van der Waals surface area contributed by atoms with Crippen molar-refractivity contribution in [1.29, 1.82) is 0 Å². The highest BCUT2D eigenvalue weighted by Gasteiger charge is 2.34. The van der Waals surface area contributed by atoms with Crippen molar-refractivity contribution in [3.05, 3.63) is 125 Å². The van der Waals surface area contributed by atoms with Gasteiger partial charge in [-0.1, -0.05) is 67.6 Å². The number of hydrogen-bond acceptors (Lipinski definition) is 4. The number of benzene rings is 3. The molecule has 1 unspecified atom stereocenters. The van der Waals surface area contributed by atoms with Crippen molar-refractivity contribution in [2.75, 3.05) is 7.11 Å². The van der Waals surface area contributed by atoms with Crippen molar-refractivity contribution < 1.29 is 22.7 Å². The van der Waals surface area contributed by atoms with Gasteiger partial charge in [-0.2, -0.15) is 13.2 Å². The summed E-state index contributed by atoms with van der Waals surface area (Å²) in [5.41, 5.74) is 7.74. The first-order valence-corrected chi connectivity index (χ1v) is 14.4. The summed E-state index contributed by atoms with van der Waals surface area (Å²) in [5.74, 6) is 0.887. The number of carbonyl (C=O) groups excluding carboxylic acids is 1. The van der Waals surface area contributed by atoms with Gasteiger partial charge in [-0.3, -0.25) is 15.2 Å². The van der Waals surface area contributed by atoms with Crippen LogP contribution in [-0.2, 0) is 12.6 Å². The maximum absolute atomic E-state index is 13.3. The molecule has 0 fully saturated rings. The number of amidine groups is 1. The molecule has 5 nitrogen and oxygen atoms in total. The average molecular weight is 586 g/mol. The van der Waals surface area contributed by atoms with Crippen LogP contribution in [0.1, 0.15) is 59.7 Å². The van der Waals surface area contributed by atoms with Crippen LogP contribution < -0.4 is 10.2 Å². The van der Waals surface area contributed by atoms with Gasteiger partial charge >= 0.3 is 6.18 Å². The first-order valence-electron chi connectivity index (χ1n) is 14.4. The predicted octanol–water partition coefficient (Wildman–Crippen LogP) is 8.68. The van der Waals surface area contributed by atoms with Crippen molar-refractivity contribution in [2.45, 2.75) is 45.2 Å². The van der Waals surface area contributed by atoms with Crippen LogP contribution in [0.25, 0.3) is 5.70 Å². The van der Waals surface area contributed by atoms with Crippen LogP contribution >= 0.6 is 0 Å². The quantitative estimate of drug-likeness (QED) is 0.202. The third-order valence-electron chi connectivity index (χ3n) is 7.59. The summed E-state index contributed by atoms with van der Waals surface area (Å²) in [4.78, 5) is 17.8. The lowest BCUT2D eigenvalue weighted by atomic mass is 9.99. The molecule has 0 saturated heterocycles. The number of ether oxygens (including phenoxy) is 1. The number of alkyl halides is 3. The fraction of sp³-hybridized carbons (Fsp3) is 0.257. The summed E-state index contributed by atoms with van der Waals surface area (Å²) in [5, 5.41) is 2.03. The van der Waals surface area contributed by atoms with Gasteiger partial charge in [0, 0.05) is 23.5 Å². The molecule has 0 bridgehead atoms. The molecular formula is C35H34F3N3O2. The molecule has 2 aliphatic heterocycles. The number of nitrogens with zero attached hydrogens (tertiary/aromatic N) is 2. The lowest BCUT2D eigenvalue weighted by Gasteiger charge is -2.31. The van der Waals surface area contributed by atoms with Crippen LogP contribution in [0.4, 0.5) is 18.9 Å². The Morgan fingerprint density at radius 1 is 1.05 bits per heavy atom. The fourth-order valence-electron chi connectivity index (χ4n) is 5.16. The smallest absolute Gasteiger partial charge is 0.419 e. The second-order valence-corrected chi connectivity index (χ2v) is 10.7. The maximum Gasteiger partial charge on any atom is 0.419 e. The van der Waals surface area contributed by atoms with E-state index in [9.17, 15) is 18.0 Å². The summed E-state index contributed by atoms with van der Waals surface area (Å²) >= 11 is 0. The van der Waals surface area contributed by atoms with Crippen molar-refractivity contribution in [3.63, 3.8) is 0 Å². The molecule has 2 heterocycles. The van der Waals surface area contributed by atoms with Crippen molar-refractivity contribution in [1.82, 2.24) is 10.4 Å². The van der Waals surface area contributed by atoms with Gasteiger partial charge in [-0.15, -0.1) is 0 Å². The summed E-state index contributed by atoms with van der Waals surface area (Å²) in [6, 6.07) is 21.5. The number of rotatable bonds is 9. The largest absolute Gasteiger partial charge is 0.496 e. The van der Waals surface area contributed by atoms with Gasteiger partial charge in [0.25, 0.3) is 0 Å². The number of unbranched alkanes of at least 4 members (excludes halogenated alkanes) is 1. The van der Waals surface area contributed by atoms with E-state index in [0.717, 1.165) is 41.0 Å². The molecule has 0 aromatic heterocycles. The Labute approximate surface area is 250 Å². The first kappa shape index (κ1) is 29.9. The topological polar surface area (TPSA) is 53.9 Å². The monoisotopic (exact) mass is 585 g/mol. The molecule has 1 N–H and O–H groups in total. The highest BCUT2D eigenvalue weighted by atomic mass is 19.4. The van der Waals surface area contributed by atoms with Gasteiger partial charge in [0.05, 0.1) is 29.8 Å². The lowest BCUT2D eigenvalue weighted by molar-refractivity contribution is -0.138. The number of nitrogens with one attached hydrogen (secondary N) is 1. The van der Waals surface area contributed by atoms with Gasteiger partial charge in [-0.05, 0) is 67.7 Å².